The molecule has 0 saturated carbocycles. The van der Waals surface area contributed by atoms with E-state index in [0.717, 1.165) is 16.7 Å². The van der Waals surface area contributed by atoms with Gasteiger partial charge in [-0.25, -0.2) is 4.79 Å². The molecule has 0 spiro atoms. The van der Waals surface area contributed by atoms with Crippen molar-refractivity contribution in [3.05, 3.63) is 118 Å². The Bertz CT molecular complexity index is 1940. The van der Waals surface area contributed by atoms with Crippen molar-refractivity contribution in [1.29, 1.82) is 0 Å². The molecule has 1 fully saturated rings. The molecule has 268 valence electrons. The van der Waals surface area contributed by atoms with Gasteiger partial charge in [0.25, 0.3) is 5.91 Å². The van der Waals surface area contributed by atoms with Gasteiger partial charge in [0.1, 0.15) is 17.2 Å². The third kappa shape index (κ3) is 8.56. The molecule has 1 aliphatic carbocycles. The van der Waals surface area contributed by atoms with E-state index in [2.05, 4.69) is 10.6 Å². The summed E-state index contributed by atoms with van der Waals surface area (Å²) in [6, 6.07) is 24.3. The fraction of sp³-hybridized carbons (Fsp3) is 0.400. The van der Waals surface area contributed by atoms with Gasteiger partial charge in [0, 0.05) is 49.4 Å². The molecule has 0 radical (unpaired) electrons. The maximum absolute atomic E-state index is 13.9. The Kier molecular flexibility index (Phi) is 10.7. The van der Waals surface area contributed by atoms with Crippen LogP contribution < -0.4 is 16.3 Å². The second-order valence-electron chi connectivity index (χ2n) is 14.7. The molecule has 4 aromatic rings. The Morgan fingerprint density at radius 2 is 1.67 bits per heavy atom. The van der Waals surface area contributed by atoms with E-state index in [9.17, 15) is 29.4 Å². The fourth-order valence-electron chi connectivity index (χ4n) is 7.18. The number of hydrogen-bond donors (Lipinski definition) is 4. The molecule has 51 heavy (non-hydrogen) atoms. The van der Waals surface area contributed by atoms with Crippen LogP contribution in [0.25, 0.3) is 11.0 Å². The zero-order chi connectivity index (χ0) is 36.3. The van der Waals surface area contributed by atoms with Crippen molar-refractivity contribution in [2.45, 2.75) is 69.9 Å². The van der Waals surface area contributed by atoms with E-state index < -0.39 is 47.3 Å². The van der Waals surface area contributed by atoms with Gasteiger partial charge >= 0.3 is 5.63 Å². The van der Waals surface area contributed by atoms with Crippen molar-refractivity contribution in [2.75, 3.05) is 26.2 Å². The number of carbonyl (C=O) groups is 3. The highest BCUT2D eigenvalue weighted by molar-refractivity contribution is 5.97. The van der Waals surface area contributed by atoms with Crippen molar-refractivity contribution >= 4 is 28.7 Å². The molecule has 5 atom stereocenters. The standard InChI is InChI=1S/C40H46N4O7/c1-40(2,3)42-37(48)32-24-44(38(49)31-21-27-14-8-10-16-34(27)51-39(31)50)18-17-43(32)23-29(45)20-28(19-25-11-5-4-6-12-25)36(47)41-35-30-15-9-7-13-26(30)22-33(35)46/h4-16,21,28-29,32-33,35,45-46H,17-20,22-24H2,1-3H3,(H,41,47)(H,42,48)/t28-,29+,32+,33-,35+/m1/s1. The van der Waals surface area contributed by atoms with Gasteiger partial charge in [-0.3, -0.25) is 19.3 Å². The highest BCUT2D eigenvalue weighted by atomic mass is 16.4. The van der Waals surface area contributed by atoms with Crippen molar-refractivity contribution in [3.8, 4) is 0 Å². The number of rotatable bonds is 10. The number of benzene rings is 3. The minimum absolute atomic E-state index is 0.00730. The van der Waals surface area contributed by atoms with E-state index in [4.69, 9.17) is 4.42 Å². The Morgan fingerprint density at radius 1 is 0.961 bits per heavy atom. The minimum Gasteiger partial charge on any atom is -0.422 e. The number of carbonyl (C=O) groups excluding carboxylic acids is 3. The molecule has 1 aliphatic heterocycles. The average Bonchev–Trinajstić information content (AvgIpc) is 3.41. The Morgan fingerprint density at radius 3 is 2.43 bits per heavy atom. The average molecular weight is 695 g/mol. The van der Waals surface area contributed by atoms with Crippen LogP contribution in [-0.4, -0.2) is 87.7 Å². The molecule has 2 heterocycles. The molecule has 11 nitrogen and oxygen atoms in total. The predicted octanol–water partition coefficient (Wildman–Crippen LogP) is 3.22. The molecule has 0 unspecified atom stereocenters. The second kappa shape index (κ2) is 15.2. The highest BCUT2D eigenvalue weighted by Crippen LogP contribution is 2.32. The van der Waals surface area contributed by atoms with Crippen LogP contribution in [0.15, 0.2) is 94.1 Å². The summed E-state index contributed by atoms with van der Waals surface area (Å²) in [4.78, 5) is 57.4. The molecule has 4 N–H and O–H groups in total. The topological polar surface area (TPSA) is 152 Å². The van der Waals surface area contributed by atoms with Gasteiger partial charge < -0.3 is 30.2 Å². The normalized spacial score (nSPS) is 20.4. The lowest BCUT2D eigenvalue weighted by atomic mass is 9.91. The number of aliphatic hydroxyl groups excluding tert-OH is 2. The largest absolute Gasteiger partial charge is 0.422 e. The number of hydrogen-bond acceptors (Lipinski definition) is 8. The first kappa shape index (κ1) is 36.0. The van der Waals surface area contributed by atoms with Gasteiger partial charge in [0.05, 0.1) is 18.2 Å². The summed E-state index contributed by atoms with van der Waals surface area (Å²) in [5.74, 6) is -1.74. The summed E-state index contributed by atoms with van der Waals surface area (Å²) in [6.45, 7) is 6.13. The number of piperazine rings is 1. The number of amides is 3. The first-order valence-electron chi connectivity index (χ1n) is 17.5. The third-order valence-electron chi connectivity index (χ3n) is 9.65. The lowest BCUT2D eigenvalue weighted by Gasteiger charge is -2.42. The van der Waals surface area contributed by atoms with Gasteiger partial charge in [0.15, 0.2) is 0 Å². The molecular weight excluding hydrogens is 648 g/mol. The second-order valence-corrected chi connectivity index (χ2v) is 14.7. The molecule has 1 saturated heterocycles. The Balaban J connectivity index is 1.19. The minimum atomic E-state index is -0.995. The van der Waals surface area contributed by atoms with Crippen LogP contribution in [0.3, 0.4) is 0 Å². The molecular formula is C40H46N4O7. The molecule has 3 amide bonds. The monoisotopic (exact) mass is 694 g/mol. The van der Waals surface area contributed by atoms with Crippen LogP contribution in [0.1, 0.15) is 60.3 Å². The SMILES string of the molecule is CC(C)(C)NC(=O)[C@@H]1CN(C(=O)c2cc3ccccc3oc2=O)CCN1C[C@@H](O)C[C@@H](Cc1ccccc1)C(=O)N[C@H]1c2ccccc2C[C@H]1O. The number of para-hydroxylation sites is 1. The number of fused-ring (bicyclic) bond motifs is 2. The summed E-state index contributed by atoms with van der Waals surface area (Å²) in [6.07, 6.45) is -0.819. The molecule has 2 aliphatic rings. The summed E-state index contributed by atoms with van der Waals surface area (Å²) >= 11 is 0. The van der Waals surface area contributed by atoms with E-state index in [1.165, 1.54) is 11.0 Å². The molecule has 0 bridgehead atoms. The van der Waals surface area contributed by atoms with E-state index >= 15 is 0 Å². The number of β-amino-alcohol motifs (C(OH)–C–C–N with tert-alkyl or cyclic N) is 1. The van der Waals surface area contributed by atoms with E-state index in [1.54, 1.807) is 24.3 Å². The van der Waals surface area contributed by atoms with Crippen LogP contribution in [0.2, 0.25) is 0 Å². The molecule has 6 rings (SSSR count). The third-order valence-corrected chi connectivity index (χ3v) is 9.65. The summed E-state index contributed by atoms with van der Waals surface area (Å²) in [7, 11) is 0. The van der Waals surface area contributed by atoms with Crippen molar-refractivity contribution in [3.63, 3.8) is 0 Å². The number of nitrogens with one attached hydrogen (secondary N) is 2. The van der Waals surface area contributed by atoms with E-state index in [0.29, 0.717) is 23.8 Å². The van der Waals surface area contributed by atoms with Gasteiger partial charge in [-0.1, -0.05) is 72.8 Å². The zero-order valence-corrected chi connectivity index (χ0v) is 29.2. The van der Waals surface area contributed by atoms with Crippen molar-refractivity contribution in [1.82, 2.24) is 20.4 Å². The lowest BCUT2D eigenvalue weighted by Crippen LogP contribution is -2.63. The first-order chi connectivity index (χ1) is 24.4. The maximum Gasteiger partial charge on any atom is 0.349 e. The predicted molar refractivity (Wildman–Crippen MR) is 193 cm³/mol. The molecule has 1 aromatic heterocycles. The van der Waals surface area contributed by atoms with Gasteiger partial charge in [0.2, 0.25) is 11.8 Å². The first-order valence-corrected chi connectivity index (χ1v) is 17.5. The fourth-order valence-corrected chi connectivity index (χ4v) is 7.18. The summed E-state index contributed by atoms with van der Waals surface area (Å²) in [5, 5.41) is 29.1. The van der Waals surface area contributed by atoms with E-state index in [1.807, 2.05) is 80.3 Å². The van der Waals surface area contributed by atoms with Gasteiger partial charge in [-0.2, -0.15) is 0 Å². The van der Waals surface area contributed by atoms with E-state index in [-0.39, 0.29) is 50.0 Å². The van der Waals surface area contributed by atoms with Crippen LogP contribution in [-0.2, 0) is 22.4 Å². The zero-order valence-electron chi connectivity index (χ0n) is 29.2. The Hall–Kier alpha value is -4.84. The molecule has 3 aromatic carbocycles. The smallest absolute Gasteiger partial charge is 0.349 e. The van der Waals surface area contributed by atoms with Gasteiger partial charge in [-0.15, -0.1) is 0 Å². The molecule has 11 heteroatoms. The van der Waals surface area contributed by atoms with Crippen LogP contribution in [0.4, 0.5) is 0 Å². The quantitative estimate of drug-likeness (QED) is 0.185. The summed E-state index contributed by atoms with van der Waals surface area (Å²) in [5.41, 5.74) is 1.78. The number of aliphatic hydroxyl groups is 2. The summed E-state index contributed by atoms with van der Waals surface area (Å²) < 4.78 is 5.41. The van der Waals surface area contributed by atoms with Crippen LogP contribution in [0.5, 0.6) is 0 Å². The lowest BCUT2D eigenvalue weighted by molar-refractivity contribution is -0.131. The number of nitrogens with zero attached hydrogens (tertiary/aromatic N) is 2. The van der Waals surface area contributed by atoms with Gasteiger partial charge in [-0.05, 0) is 62.4 Å². The maximum atomic E-state index is 13.9. The van der Waals surface area contributed by atoms with Crippen molar-refractivity contribution in [2.24, 2.45) is 5.92 Å². The Labute approximate surface area is 297 Å². The highest BCUT2D eigenvalue weighted by Gasteiger charge is 2.39. The van der Waals surface area contributed by atoms with Crippen LogP contribution >= 0.6 is 0 Å². The van der Waals surface area contributed by atoms with Crippen molar-refractivity contribution < 1.29 is 29.0 Å². The van der Waals surface area contributed by atoms with Crippen LogP contribution in [0, 0.1) is 5.92 Å².